The fourth-order valence-electron chi connectivity index (χ4n) is 1.06. The zero-order chi connectivity index (χ0) is 11.4. The van der Waals surface area contributed by atoms with Gasteiger partial charge in [0.15, 0.2) is 8.32 Å². The predicted octanol–water partition coefficient (Wildman–Crippen LogP) is 4.42. The minimum Gasteiger partial charge on any atom is -0.414 e. The summed E-state index contributed by atoms with van der Waals surface area (Å²) in [5.41, 5.74) is 0. The summed E-state index contributed by atoms with van der Waals surface area (Å²) in [6, 6.07) is 0. The lowest BCUT2D eigenvalue weighted by atomic mass is 10.2. The van der Waals surface area contributed by atoms with Gasteiger partial charge >= 0.3 is 0 Å². The van der Waals surface area contributed by atoms with Crippen molar-refractivity contribution in [3.8, 4) is 0 Å². The van der Waals surface area contributed by atoms with Crippen molar-refractivity contribution in [2.45, 2.75) is 64.8 Å². The van der Waals surface area contributed by atoms with Crippen molar-refractivity contribution in [3.63, 3.8) is 0 Å². The van der Waals surface area contributed by atoms with Crippen LogP contribution in [-0.2, 0) is 4.43 Å². The van der Waals surface area contributed by atoms with E-state index in [1.54, 1.807) is 0 Å². The number of rotatable bonds is 5. The Balaban J connectivity index is 4.32. The summed E-state index contributed by atoms with van der Waals surface area (Å²) in [5.74, 6) is 0.702. The van der Waals surface area contributed by atoms with Crippen molar-refractivity contribution in [1.82, 2.24) is 0 Å². The zero-order valence-electron chi connectivity index (χ0n) is 10.5. The molecular formula is C11H25ClOSi. The molecule has 0 aliphatic carbocycles. The van der Waals surface area contributed by atoms with Crippen LogP contribution in [0.1, 0.15) is 40.5 Å². The summed E-state index contributed by atoms with van der Waals surface area (Å²) >= 11 is 5.75. The minimum atomic E-state index is -1.58. The molecule has 0 aromatic heterocycles. The molecular weight excluding hydrogens is 212 g/mol. The number of alkyl halides is 1. The van der Waals surface area contributed by atoms with Gasteiger partial charge in [-0.3, -0.25) is 0 Å². The molecule has 0 aromatic carbocycles. The van der Waals surface area contributed by atoms with Crippen LogP contribution >= 0.6 is 11.6 Å². The van der Waals surface area contributed by atoms with Crippen molar-refractivity contribution in [3.05, 3.63) is 0 Å². The Labute approximate surface area is 95.3 Å². The first-order valence-electron chi connectivity index (χ1n) is 5.48. The van der Waals surface area contributed by atoms with Crippen LogP contribution in [0.15, 0.2) is 0 Å². The maximum absolute atomic E-state index is 6.25. The van der Waals surface area contributed by atoms with Crippen LogP contribution in [0.4, 0.5) is 0 Å². The molecule has 0 aromatic rings. The lowest BCUT2D eigenvalue weighted by Crippen LogP contribution is -2.43. The fourth-order valence-corrected chi connectivity index (χ4v) is 2.78. The second-order valence-electron chi connectivity index (χ2n) is 5.39. The highest BCUT2D eigenvalue weighted by atomic mass is 35.5. The largest absolute Gasteiger partial charge is 0.414 e. The Morgan fingerprint density at radius 1 is 1.29 bits per heavy atom. The lowest BCUT2D eigenvalue weighted by Gasteiger charge is -2.39. The van der Waals surface area contributed by atoms with Crippen molar-refractivity contribution in [1.29, 1.82) is 0 Å². The van der Waals surface area contributed by atoms with E-state index in [2.05, 4.69) is 40.8 Å². The van der Waals surface area contributed by atoms with Gasteiger partial charge in [0, 0.05) is 12.0 Å². The van der Waals surface area contributed by atoms with E-state index in [1.807, 2.05) is 0 Å². The average molecular weight is 237 g/mol. The molecule has 1 atom stereocenters. The van der Waals surface area contributed by atoms with Crippen LogP contribution in [0.5, 0.6) is 0 Å². The first kappa shape index (κ1) is 14.5. The summed E-state index contributed by atoms with van der Waals surface area (Å²) < 4.78 is 6.25. The van der Waals surface area contributed by atoms with Crippen LogP contribution in [0.3, 0.4) is 0 Å². The Morgan fingerprint density at radius 3 is 2.07 bits per heavy atom. The van der Waals surface area contributed by atoms with E-state index in [0.717, 1.165) is 12.8 Å². The van der Waals surface area contributed by atoms with Crippen LogP contribution in [0.2, 0.25) is 18.1 Å². The van der Waals surface area contributed by atoms with Crippen molar-refractivity contribution < 1.29 is 4.43 Å². The van der Waals surface area contributed by atoms with E-state index in [-0.39, 0.29) is 0 Å². The third-order valence-electron chi connectivity index (χ3n) is 3.15. The molecule has 0 aliphatic heterocycles. The molecule has 0 saturated heterocycles. The molecule has 0 rings (SSSR count). The standard InChI is InChI=1S/C11H25ClOSi/c1-7-10(8-9-12)13-14(5,6)11(2,3)4/h10H,7-9H2,1-6H3. The second kappa shape index (κ2) is 5.52. The molecule has 86 valence electrons. The van der Waals surface area contributed by atoms with Gasteiger partial charge in [0.2, 0.25) is 0 Å². The van der Waals surface area contributed by atoms with Gasteiger partial charge in [-0.25, -0.2) is 0 Å². The van der Waals surface area contributed by atoms with E-state index < -0.39 is 8.32 Å². The second-order valence-corrected chi connectivity index (χ2v) is 10.5. The third kappa shape index (κ3) is 4.33. The average Bonchev–Trinajstić information content (AvgIpc) is 2.01. The van der Waals surface area contributed by atoms with Gasteiger partial charge in [0.05, 0.1) is 0 Å². The molecule has 0 spiro atoms. The predicted molar refractivity (Wildman–Crippen MR) is 67.7 cm³/mol. The Hall–Kier alpha value is 0.467. The minimum absolute atomic E-state index is 0.298. The molecule has 14 heavy (non-hydrogen) atoms. The van der Waals surface area contributed by atoms with Crippen LogP contribution in [0, 0.1) is 0 Å². The Bertz CT molecular complexity index is 163. The highest BCUT2D eigenvalue weighted by Crippen LogP contribution is 2.37. The molecule has 0 fully saturated rings. The van der Waals surface area contributed by atoms with Gasteiger partial charge < -0.3 is 4.43 Å². The molecule has 0 bridgehead atoms. The number of hydrogen-bond acceptors (Lipinski definition) is 1. The molecule has 1 unspecified atom stereocenters. The highest BCUT2D eigenvalue weighted by molar-refractivity contribution is 6.74. The van der Waals surface area contributed by atoms with Crippen LogP contribution in [-0.4, -0.2) is 20.3 Å². The SMILES string of the molecule is CCC(CCCl)O[Si](C)(C)C(C)(C)C. The molecule has 0 amide bonds. The smallest absolute Gasteiger partial charge is 0.192 e. The molecule has 0 saturated carbocycles. The molecule has 0 radical (unpaired) electrons. The summed E-state index contributed by atoms with van der Waals surface area (Å²) in [6.45, 7) is 13.6. The molecule has 0 heterocycles. The maximum Gasteiger partial charge on any atom is 0.192 e. The third-order valence-corrected chi connectivity index (χ3v) is 7.91. The molecule has 3 heteroatoms. The van der Waals surface area contributed by atoms with Gasteiger partial charge in [-0.05, 0) is 31.0 Å². The molecule has 1 nitrogen and oxygen atoms in total. The lowest BCUT2D eigenvalue weighted by molar-refractivity contribution is 0.173. The quantitative estimate of drug-likeness (QED) is 0.508. The zero-order valence-corrected chi connectivity index (χ0v) is 12.2. The van der Waals surface area contributed by atoms with Gasteiger partial charge in [0.1, 0.15) is 0 Å². The first-order valence-corrected chi connectivity index (χ1v) is 8.92. The first-order chi connectivity index (χ1) is 6.24. The summed E-state index contributed by atoms with van der Waals surface area (Å²) in [4.78, 5) is 0. The van der Waals surface area contributed by atoms with Crippen molar-refractivity contribution in [2.75, 3.05) is 5.88 Å². The number of halogens is 1. The maximum atomic E-state index is 6.25. The fraction of sp³-hybridized carbons (Fsp3) is 1.00. The van der Waals surface area contributed by atoms with E-state index in [1.165, 1.54) is 0 Å². The topological polar surface area (TPSA) is 9.23 Å². The van der Waals surface area contributed by atoms with E-state index in [0.29, 0.717) is 17.0 Å². The van der Waals surface area contributed by atoms with E-state index >= 15 is 0 Å². The molecule has 0 N–H and O–H groups in total. The normalized spacial score (nSPS) is 15.6. The monoisotopic (exact) mass is 236 g/mol. The summed E-state index contributed by atoms with van der Waals surface area (Å²) in [6.07, 6.45) is 2.40. The van der Waals surface area contributed by atoms with Gasteiger partial charge in [0.25, 0.3) is 0 Å². The highest BCUT2D eigenvalue weighted by Gasteiger charge is 2.38. The Morgan fingerprint density at radius 2 is 1.79 bits per heavy atom. The van der Waals surface area contributed by atoms with Crippen molar-refractivity contribution in [2.24, 2.45) is 0 Å². The Kier molecular flexibility index (Phi) is 5.71. The van der Waals surface area contributed by atoms with E-state index in [9.17, 15) is 0 Å². The summed E-state index contributed by atoms with van der Waals surface area (Å²) in [5, 5.41) is 0.298. The van der Waals surface area contributed by atoms with Crippen molar-refractivity contribution >= 4 is 19.9 Å². The van der Waals surface area contributed by atoms with Gasteiger partial charge in [-0.1, -0.05) is 27.7 Å². The van der Waals surface area contributed by atoms with Crippen LogP contribution in [0.25, 0.3) is 0 Å². The number of hydrogen-bond donors (Lipinski definition) is 0. The summed E-state index contributed by atoms with van der Waals surface area (Å²) in [7, 11) is -1.58. The molecule has 0 aliphatic rings. The van der Waals surface area contributed by atoms with Crippen LogP contribution < -0.4 is 0 Å². The van der Waals surface area contributed by atoms with Gasteiger partial charge in [-0.15, -0.1) is 11.6 Å². The van der Waals surface area contributed by atoms with Gasteiger partial charge in [-0.2, -0.15) is 0 Å². The van der Waals surface area contributed by atoms with E-state index in [4.69, 9.17) is 16.0 Å².